The number of benzene rings is 1. The molecule has 0 radical (unpaired) electrons. The number of nitrogens with two attached hydrogens (primary N) is 1. The van der Waals surface area contributed by atoms with Gasteiger partial charge in [-0.3, -0.25) is 4.98 Å². The summed E-state index contributed by atoms with van der Waals surface area (Å²) in [5.41, 5.74) is 7.77. The number of anilines is 2. The summed E-state index contributed by atoms with van der Waals surface area (Å²) in [4.78, 5) is 4.33. The van der Waals surface area contributed by atoms with Gasteiger partial charge in [0.1, 0.15) is 4.99 Å². The highest BCUT2D eigenvalue weighted by atomic mass is 35.5. The Bertz CT molecular complexity index is 557. The number of aromatic nitrogens is 1. The van der Waals surface area contributed by atoms with E-state index in [1.165, 1.54) is 0 Å². The molecule has 0 fully saturated rings. The molecule has 0 saturated carbocycles. The highest BCUT2D eigenvalue weighted by Gasteiger charge is 2.02. The van der Waals surface area contributed by atoms with E-state index in [1.807, 2.05) is 30.3 Å². The molecule has 0 spiro atoms. The topological polar surface area (TPSA) is 50.9 Å². The summed E-state index contributed by atoms with van der Waals surface area (Å²) in [6, 6.07) is 11.1. The fourth-order valence-electron chi connectivity index (χ4n) is 1.36. The van der Waals surface area contributed by atoms with Gasteiger partial charge in [0.25, 0.3) is 0 Å². The van der Waals surface area contributed by atoms with Crippen LogP contribution in [0.15, 0.2) is 42.6 Å². The van der Waals surface area contributed by atoms with Gasteiger partial charge in [-0.2, -0.15) is 0 Å². The monoisotopic (exact) mass is 263 g/mol. The minimum atomic E-state index is 0.271. The lowest BCUT2D eigenvalue weighted by atomic mass is 10.2. The second-order valence-corrected chi connectivity index (χ2v) is 4.25. The lowest BCUT2D eigenvalue weighted by Gasteiger charge is -2.08. The van der Waals surface area contributed by atoms with Crippen LogP contribution in [0, 0.1) is 0 Å². The van der Waals surface area contributed by atoms with Crippen molar-refractivity contribution in [1.82, 2.24) is 4.98 Å². The zero-order valence-electron chi connectivity index (χ0n) is 8.85. The summed E-state index contributed by atoms with van der Waals surface area (Å²) in [6.07, 6.45) is 1.65. The fraction of sp³-hybridized carbons (Fsp3) is 0. The Labute approximate surface area is 110 Å². The summed E-state index contributed by atoms with van der Waals surface area (Å²) in [7, 11) is 0. The van der Waals surface area contributed by atoms with Gasteiger partial charge in [0, 0.05) is 11.9 Å². The van der Waals surface area contributed by atoms with Crippen LogP contribution in [0.1, 0.15) is 5.69 Å². The average molecular weight is 264 g/mol. The molecular weight excluding hydrogens is 254 g/mol. The number of para-hydroxylation sites is 1. The number of thiocarbonyl (C=S) groups is 1. The molecule has 1 aromatic carbocycles. The molecule has 0 saturated heterocycles. The van der Waals surface area contributed by atoms with Gasteiger partial charge in [-0.15, -0.1) is 0 Å². The first-order valence-corrected chi connectivity index (χ1v) is 5.73. The van der Waals surface area contributed by atoms with Crippen molar-refractivity contribution in [2.24, 2.45) is 5.73 Å². The first-order chi connectivity index (χ1) is 8.16. The maximum absolute atomic E-state index is 6.05. The Morgan fingerprint density at radius 2 is 2.06 bits per heavy atom. The van der Waals surface area contributed by atoms with E-state index in [2.05, 4.69) is 10.3 Å². The highest BCUT2D eigenvalue weighted by Crippen LogP contribution is 2.24. The molecule has 0 aliphatic carbocycles. The molecular formula is C12H10ClN3S. The number of hydrogen-bond acceptors (Lipinski definition) is 3. The van der Waals surface area contributed by atoms with E-state index in [9.17, 15) is 0 Å². The quantitative estimate of drug-likeness (QED) is 0.836. The molecule has 2 aromatic rings. The molecule has 0 amide bonds. The van der Waals surface area contributed by atoms with Crippen LogP contribution in [0.4, 0.5) is 11.4 Å². The molecule has 0 aliphatic heterocycles. The molecule has 1 heterocycles. The van der Waals surface area contributed by atoms with Crippen molar-refractivity contribution in [3.63, 3.8) is 0 Å². The lowest BCUT2D eigenvalue weighted by Crippen LogP contribution is -2.11. The van der Waals surface area contributed by atoms with Crippen LogP contribution in [-0.2, 0) is 0 Å². The minimum absolute atomic E-state index is 0.271. The Morgan fingerprint density at radius 3 is 2.76 bits per heavy atom. The van der Waals surface area contributed by atoms with Crippen molar-refractivity contribution in [2.45, 2.75) is 0 Å². The first kappa shape index (κ1) is 11.8. The van der Waals surface area contributed by atoms with E-state index >= 15 is 0 Å². The van der Waals surface area contributed by atoms with E-state index in [1.54, 1.807) is 12.3 Å². The number of nitrogens with one attached hydrogen (secondary N) is 1. The summed E-state index contributed by atoms with van der Waals surface area (Å²) in [5.74, 6) is 0. The largest absolute Gasteiger partial charge is 0.388 e. The molecule has 0 unspecified atom stereocenters. The SMILES string of the molecule is NC(=S)c1cc(Nc2ccccc2Cl)ccn1. The van der Waals surface area contributed by atoms with E-state index in [0.717, 1.165) is 11.4 Å². The summed E-state index contributed by atoms with van der Waals surface area (Å²) in [6.45, 7) is 0. The molecule has 86 valence electrons. The van der Waals surface area contributed by atoms with Crippen LogP contribution < -0.4 is 11.1 Å². The molecule has 3 N–H and O–H groups in total. The molecule has 0 aliphatic rings. The van der Waals surface area contributed by atoms with E-state index < -0.39 is 0 Å². The van der Waals surface area contributed by atoms with E-state index in [-0.39, 0.29) is 4.99 Å². The Balaban J connectivity index is 2.28. The number of rotatable bonds is 3. The van der Waals surface area contributed by atoms with Crippen LogP contribution in [0.5, 0.6) is 0 Å². The van der Waals surface area contributed by atoms with Crippen molar-refractivity contribution in [2.75, 3.05) is 5.32 Å². The molecule has 3 nitrogen and oxygen atoms in total. The third kappa shape index (κ3) is 2.93. The Morgan fingerprint density at radius 1 is 1.29 bits per heavy atom. The van der Waals surface area contributed by atoms with Crippen molar-refractivity contribution in [3.05, 3.63) is 53.3 Å². The van der Waals surface area contributed by atoms with Crippen LogP contribution in [0.25, 0.3) is 0 Å². The second kappa shape index (κ2) is 5.12. The van der Waals surface area contributed by atoms with Gasteiger partial charge in [0.05, 0.1) is 16.4 Å². The van der Waals surface area contributed by atoms with Gasteiger partial charge in [-0.1, -0.05) is 36.0 Å². The number of pyridine rings is 1. The molecule has 2 rings (SSSR count). The molecule has 0 atom stereocenters. The number of nitrogens with zero attached hydrogens (tertiary/aromatic N) is 1. The van der Waals surface area contributed by atoms with E-state index in [4.69, 9.17) is 29.6 Å². The third-order valence-electron chi connectivity index (χ3n) is 2.17. The molecule has 1 aromatic heterocycles. The van der Waals surface area contributed by atoms with Crippen LogP contribution in [0.3, 0.4) is 0 Å². The first-order valence-electron chi connectivity index (χ1n) is 4.94. The number of hydrogen-bond donors (Lipinski definition) is 2. The number of halogens is 1. The van der Waals surface area contributed by atoms with Gasteiger partial charge in [-0.05, 0) is 24.3 Å². The summed E-state index contributed by atoms with van der Waals surface area (Å²) < 4.78 is 0. The van der Waals surface area contributed by atoms with E-state index in [0.29, 0.717) is 10.7 Å². The maximum Gasteiger partial charge on any atom is 0.122 e. The summed E-state index contributed by atoms with van der Waals surface area (Å²) in [5, 5.41) is 3.83. The molecule has 17 heavy (non-hydrogen) atoms. The van der Waals surface area contributed by atoms with Gasteiger partial charge < -0.3 is 11.1 Å². The van der Waals surface area contributed by atoms with Crippen LogP contribution >= 0.6 is 23.8 Å². The maximum atomic E-state index is 6.05. The van der Waals surface area contributed by atoms with Gasteiger partial charge >= 0.3 is 0 Å². The smallest absolute Gasteiger partial charge is 0.122 e. The normalized spacial score (nSPS) is 9.94. The highest BCUT2D eigenvalue weighted by molar-refractivity contribution is 7.80. The Hall–Kier alpha value is -1.65. The van der Waals surface area contributed by atoms with Crippen molar-refractivity contribution in [1.29, 1.82) is 0 Å². The zero-order chi connectivity index (χ0) is 12.3. The van der Waals surface area contributed by atoms with Crippen molar-refractivity contribution >= 4 is 40.2 Å². The summed E-state index contributed by atoms with van der Waals surface area (Å²) >= 11 is 10.9. The van der Waals surface area contributed by atoms with Crippen molar-refractivity contribution < 1.29 is 0 Å². The Kier molecular flexibility index (Phi) is 3.56. The van der Waals surface area contributed by atoms with Crippen molar-refractivity contribution in [3.8, 4) is 0 Å². The zero-order valence-corrected chi connectivity index (χ0v) is 10.4. The predicted octanol–water partition coefficient (Wildman–Crippen LogP) is 3.11. The van der Waals surface area contributed by atoms with Gasteiger partial charge in [0.15, 0.2) is 0 Å². The molecule has 5 heteroatoms. The molecule has 0 bridgehead atoms. The fourth-order valence-corrected chi connectivity index (χ4v) is 1.66. The predicted molar refractivity (Wildman–Crippen MR) is 74.9 cm³/mol. The lowest BCUT2D eigenvalue weighted by molar-refractivity contribution is 1.29. The van der Waals surface area contributed by atoms with Gasteiger partial charge in [0.2, 0.25) is 0 Å². The minimum Gasteiger partial charge on any atom is -0.388 e. The second-order valence-electron chi connectivity index (χ2n) is 3.40. The van der Waals surface area contributed by atoms with Gasteiger partial charge in [-0.25, -0.2) is 0 Å². The standard InChI is InChI=1S/C12H10ClN3S/c13-9-3-1-2-4-10(9)16-8-5-6-15-11(7-8)12(14)17/h1-7H,(H2,14,17)(H,15,16). The van der Waals surface area contributed by atoms with Crippen LogP contribution in [0.2, 0.25) is 5.02 Å². The third-order valence-corrected chi connectivity index (χ3v) is 2.70. The average Bonchev–Trinajstić information content (AvgIpc) is 2.32. The van der Waals surface area contributed by atoms with Crippen LogP contribution in [-0.4, -0.2) is 9.97 Å².